The number of nitrogens with zero attached hydrogens (tertiary/aromatic N) is 3. The topological polar surface area (TPSA) is 45.2 Å². The van der Waals surface area contributed by atoms with E-state index in [9.17, 15) is 4.79 Å². The zero-order valence-electron chi connectivity index (χ0n) is 13.9. The van der Waals surface area contributed by atoms with Gasteiger partial charge >= 0.3 is 6.03 Å². The van der Waals surface area contributed by atoms with Gasteiger partial charge in [0.2, 0.25) is 0 Å². The smallest absolute Gasteiger partial charge is 0.319 e. The number of hydrogen-bond donors (Lipinski definition) is 0. The van der Waals surface area contributed by atoms with Crippen molar-refractivity contribution in [3.63, 3.8) is 0 Å². The molecule has 126 valence electrons. The first-order valence-electron chi connectivity index (χ1n) is 8.48. The predicted octanol–water partition coefficient (Wildman–Crippen LogP) is 0.871. The second kappa shape index (κ2) is 6.72. The van der Waals surface area contributed by atoms with Crippen LogP contribution in [0.2, 0.25) is 0 Å². The van der Waals surface area contributed by atoms with E-state index in [1.165, 1.54) is 25.9 Å². The van der Waals surface area contributed by atoms with E-state index in [0.29, 0.717) is 32.2 Å². The highest BCUT2D eigenvalue weighted by molar-refractivity contribution is 5.74. The predicted molar refractivity (Wildman–Crippen MR) is 83.9 cm³/mol. The Morgan fingerprint density at radius 1 is 1.27 bits per heavy atom. The number of carbonyl (C=O) groups is 1. The van der Waals surface area contributed by atoms with Crippen molar-refractivity contribution < 1.29 is 14.3 Å². The number of rotatable bonds is 2. The highest BCUT2D eigenvalue weighted by Crippen LogP contribution is 2.33. The van der Waals surface area contributed by atoms with Crippen LogP contribution in [0.4, 0.5) is 4.79 Å². The Bertz CT molecular complexity index is 398. The Hall–Kier alpha value is -0.850. The number of hydrogen-bond acceptors (Lipinski definition) is 4. The highest BCUT2D eigenvalue weighted by atomic mass is 16.5. The summed E-state index contributed by atoms with van der Waals surface area (Å²) in [7, 11) is 3.60. The van der Waals surface area contributed by atoms with Gasteiger partial charge in [0.15, 0.2) is 0 Å². The maximum atomic E-state index is 12.3. The van der Waals surface area contributed by atoms with Gasteiger partial charge in [-0.05, 0) is 38.3 Å². The van der Waals surface area contributed by atoms with Crippen LogP contribution in [-0.2, 0) is 9.47 Å². The van der Waals surface area contributed by atoms with Gasteiger partial charge in [0, 0.05) is 27.2 Å². The molecule has 0 aliphatic carbocycles. The summed E-state index contributed by atoms with van der Waals surface area (Å²) in [5.41, 5.74) is -0.299. The molecule has 3 aliphatic heterocycles. The van der Waals surface area contributed by atoms with E-state index >= 15 is 0 Å². The molecule has 6 nitrogen and oxygen atoms in total. The van der Waals surface area contributed by atoms with Crippen molar-refractivity contribution in [1.82, 2.24) is 14.7 Å². The van der Waals surface area contributed by atoms with Crippen molar-refractivity contribution in [2.45, 2.75) is 24.9 Å². The quantitative estimate of drug-likeness (QED) is 0.759. The first-order chi connectivity index (χ1) is 10.6. The molecule has 2 amide bonds. The van der Waals surface area contributed by atoms with Gasteiger partial charge in [-0.3, -0.25) is 0 Å². The molecule has 0 aromatic carbocycles. The van der Waals surface area contributed by atoms with E-state index in [0.717, 1.165) is 19.6 Å². The molecule has 3 saturated heterocycles. The zero-order valence-corrected chi connectivity index (χ0v) is 13.9. The van der Waals surface area contributed by atoms with Gasteiger partial charge in [-0.1, -0.05) is 0 Å². The van der Waals surface area contributed by atoms with Crippen LogP contribution >= 0.6 is 0 Å². The van der Waals surface area contributed by atoms with Crippen LogP contribution in [0.1, 0.15) is 19.3 Å². The molecule has 3 rings (SSSR count). The summed E-state index contributed by atoms with van der Waals surface area (Å²) in [5, 5.41) is 0. The summed E-state index contributed by atoms with van der Waals surface area (Å²) >= 11 is 0. The lowest BCUT2D eigenvalue weighted by atomic mass is 9.94. The molecule has 0 N–H and O–H groups in total. The summed E-state index contributed by atoms with van der Waals surface area (Å²) in [6, 6.07) is 0.0523. The summed E-state index contributed by atoms with van der Waals surface area (Å²) in [4.78, 5) is 18.3. The first kappa shape index (κ1) is 16.0. The van der Waals surface area contributed by atoms with Crippen LogP contribution in [0.25, 0.3) is 0 Å². The summed E-state index contributed by atoms with van der Waals surface area (Å²) in [5.74, 6) is 0.566. The summed E-state index contributed by atoms with van der Waals surface area (Å²) in [6.45, 7) is 6.89. The van der Waals surface area contributed by atoms with Crippen molar-refractivity contribution in [2.75, 3.05) is 66.6 Å². The van der Waals surface area contributed by atoms with E-state index < -0.39 is 0 Å². The van der Waals surface area contributed by atoms with E-state index in [1.54, 1.807) is 19.0 Å². The average molecular weight is 311 g/mol. The minimum Gasteiger partial charge on any atom is -0.377 e. The Labute approximate surface area is 133 Å². The maximum Gasteiger partial charge on any atom is 0.319 e. The molecular formula is C16H29N3O3. The number of carbonyl (C=O) groups excluding carboxylic acids is 1. The lowest BCUT2D eigenvalue weighted by molar-refractivity contribution is -0.0535. The van der Waals surface area contributed by atoms with Crippen LogP contribution < -0.4 is 0 Å². The van der Waals surface area contributed by atoms with Crippen molar-refractivity contribution in [1.29, 1.82) is 0 Å². The molecule has 3 fully saturated rings. The van der Waals surface area contributed by atoms with E-state index in [1.807, 2.05) is 4.90 Å². The van der Waals surface area contributed by atoms with Gasteiger partial charge in [0.1, 0.15) is 5.60 Å². The van der Waals surface area contributed by atoms with Gasteiger partial charge < -0.3 is 24.2 Å². The van der Waals surface area contributed by atoms with Crippen molar-refractivity contribution in [3.8, 4) is 0 Å². The van der Waals surface area contributed by atoms with Gasteiger partial charge in [0.05, 0.1) is 26.4 Å². The molecule has 22 heavy (non-hydrogen) atoms. The molecule has 2 atom stereocenters. The van der Waals surface area contributed by atoms with Gasteiger partial charge in [-0.2, -0.15) is 0 Å². The minimum atomic E-state index is -0.299. The minimum absolute atomic E-state index is 0.0523. The Morgan fingerprint density at radius 3 is 2.77 bits per heavy atom. The Morgan fingerprint density at radius 2 is 2.05 bits per heavy atom. The number of amides is 2. The standard InChI is InChI=1S/C16H29N3O3/c1-17(2)15(20)19-7-8-21-13-16(12-19)9-14(11-22-16)10-18-5-3-4-6-18/h14H,3-13H2,1-2H3/t14-,16+/m1/s1. The molecule has 1 spiro atoms. The lowest BCUT2D eigenvalue weighted by Crippen LogP contribution is -2.49. The summed E-state index contributed by atoms with van der Waals surface area (Å²) < 4.78 is 11.9. The number of urea groups is 1. The van der Waals surface area contributed by atoms with Crippen LogP contribution in [0.3, 0.4) is 0 Å². The van der Waals surface area contributed by atoms with Gasteiger partial charge in [0.25, 0.3) is 0 Å². The fraction of sp³-hybridized carbons (Fsp3) is 0.938. The monoisotopic (exact) mass is 311 g/mol. The molecule has 0 radical (unpaired) electrons. The number of ether oxygens (including phenoxy) is 2. The van der Waals surface area contributed by atoms with E-state index in [-0.39, 0.29) is 11.6 Å². The zero-order chi connectivity index (χ0) is 15.6. The van der Waals surface area contributed by atoms with Crippen molar-refractivity contribution >= 4 is 6.03 Å². The Balaban J connectivity index is 1.60. The maximum absolute atomic E-state index is 12.3. The molecule has 6 heteroatoms. The second-order valence-corrected chi connectivity index (χ2v) is 7.22. The van der Waals surface area contributed by atoms with Gasteiger partial charge in [-0.15, -0.1) is 0 Å². The van der Waals surface area contributed by atoms with E-state index in [2.05, 4.69) is 4.90 Å². The molecule has 3 heterocycles. The largest absolute Gasteiger partial charge is 0.377 e. The number of likely N-dealkylation sites (tertiary alicyclic amines) is 1. The third-order valence-corrected chi connectivity index (χ3v) is 5.00. The van der Waals surface area contributed by atoms with Crippen LogP contribution in [-0.4, -0.2) is 93.0 Å². The first-order valence-corrected chi connectivity index (χ1v) is 8.48. The molecule has 0 bridgehead atoms. The summed E-state index contributed by atoms with van der Waals surface area (Å²) in [6.07, 6.45) is 3.65. The fourth-order valence-electron chi connectivity index (χ4n) is 3.95. The Kier molecular flexibility index (Phi) is 4.90. The third-order valence-electron chi connectivity index (χ3n) is 5.00. The molecule has 0 aromatic rings. The van der Waals surface area contributed by atoms with Crippen LogP contribution in [0, 0.1) is 5.92 Å². The van der Waals surface area contributed by atoms with E-state index in [4.69, 9.17) is 9.47 Å². The van der Waals surface area contributed by atoms with Crippen LogP contribution in [0.5, 0.6) is 0 Å². The SMILES string of the molecule is CN(C)C(=O)N1CCOC[C@]2(C[C@H](CN3CCCC3)CO2)C1. The fourth-order valence-corrected chi connectivity index (χ4v) is 3.95. The lowest BCUT2D eigenvalue weighted by Gasteiger charge is -2.32. The second-order valence-electron chi connectivity index (χ2n) is 7.22. The van der Waals surface area contributed by atoms with Crippen molar-refractivity contribution in [2.24, 2.45) is 5.92 Å². The molecule has 3 aliphatic rings. The normalized spacial score (nSPS) is 33.4. The van der Waals surface area contributed by atoms with Crippen LogP contribution in [0.15, 0.2) is 0 Å². The molecule has 0 saturated carbocycles. The van der Waals surface area contributed by atoms with Gasteiger partial charge in [-0.25, -0.2) is 4.79 Å². The average Bonchev–Trinajstić information content (AvgIpc) is 3.07. The van der Waals surface area contributed by atoms with Crippen molar-refractivity contribution in [3.05, 3.63) is 0 Å². The highest BCUT2D eigenvalue weighted by Gasteiger charge is 2.44. The molecule has 0 unspecified atom stereocenters. The molecular weight excluding hydrogens is 282 g/mol. The molecule has 0 aromatic heterocycles. The third kappa shape index (κ3) is 3.55.